The first-order valence-electron chi connectivity index (χ1n) is 20.5. The molecule has 0 saturated carbocycles. The van der Waals surface area contributed by atoms with Gasteiger partial charge in [0.1, 0.15) is 24.4 Å². The summed E-state index contributed by atoms with van der Waals surface area (Å²) in [5.41, 5.74) is 3.11. The van der Waals surface area contributed by atoms with Crippen LogP contribution in [0.5, 0.6) is 0 Å². The van der Waals surface area contributed by atoms with E-state index in [0.29, 0.717) is 0 Å². The van der Waals surface area contributed by atoms with Gasteiger partial charge in [0, 0.05) is 0 Å². The lowest BCUT2D eigenvalue weighted by atomic mass is 10.0. The maximum Gasteiger partial charge on any atom is 0.474 e. The number of phosphoric acid groups is 2. The summed E-state index contributed by atoms with van der Waals surface area (Å²) >= 11 is 0. The number of benzene rings is 4. The van der Waals surface area contributed by atoms with Gasteiger partial charge in [-0.2, -0.15) is 21.0 Å². The number of phosphoric ester groups is 2. The van der Waals surface area contributed by atoms with Crippen molar-refractivity contribution in [1.29, 1.82) is 21.0 Å². The molecule has 0 radical (unpaired) electrons. The van der Waals surface area contributed by atoms with Crippen molar-refractivity contribution in [1.82, 2.24) is 0 Å². The van der Waals surface area contributed by atoms with E-state index < -0.39 is 53.3 Å². The second-order valence-corrected chi connectivity index (χ2v) is 17.0. The lowest BCUT2D eigenvalue weighted by Crippen LogP contribution is -2.52. The second kappa shape index (κ2) is 30.1. The van der Waals surface area contributed by atoms with Crippen LogP contribution in [-0.2, 0) is 81.6 Å². The fourth-order valence-electron chi connectivity index (χ4n) is 5.76. The SMILES string of the molecule is N#CCCOP(=O)(OCCC#N)OCC(OCc1ccccc1)C(OCc1ccccc1)C(OCc1ccccc1)C(COP(=O)(OCCC#N)OCCC#N)OCc1ccccc1. The molecule has 4 unspecified atom stereocenters. The summed E-state index contributed by atoms with van der Waals surface area (Å²) in [4.78, 5) is 0. The average molecular weight is 915 g/mol. The lowest BCUT2D eigenvalue weighted by molar-refractivity contribution is -0.200. The number of ether oxygens (including phenoxy) is 4. The van der Waals surface area contributed by atoms with Crippen LogP contribution in [0.25, 0.3) is 0 Å². The molecule has 4 rings (SSSR count). The summed E-state index contributed by atoms with van der Waals surface area (Å²) in [6, 6.07) is 44.9. The van der Waals surface area contributed by atoms with Crippen LogP contribution in [0, 0.1) is 45.3 Å². The molecule has 18 heteroatoms. The molecule has 0 aliphatic carbocycles. The van der Waals surface area contributed by atoms with Crippen molar-refractivity contribution in [3.8, 4) is 24.3 Å². The average Bonchev–Trinajstić information content (AvgIpc) is 3.32. The largest absolute Gasteiger partial charge is 0.474 e. The third-order valence-electron chi connectivity index (χ3n) is 8.89. The van der Waals surface area contributed by atoms with E-state index in [1.807, 2.05) is 146 Å². The standard InChI is InChI=1S/C46H52N4O12P2/c47-25-13-29-57-63(51,58-30-14-26-48)61-37-43(53-33-39-17-5-1-6-18-39)45(55-35-41-21-9-3-10-22-41)46(56-36-42-23-11-4-12-24-42)44(54-34-40-19-7-2-8-20-40)38-62-64(52,59-31-15-27-49)60-32-16-28-50/h1-12,17-24,43-46H,13-16,29-38H2. The summed E-state index contributed by atoms with van der Waals surface area (Å²) in [6.07, 6.45) is -5.16. The highest BCUT2D eigenvalue weighted by molar-refractivity contribution is 7.48. The number of hydrogen-bond donors (Lipinski definition) is 0. The van der Waals surface area contributed by atoms with Crippen LogP contribution in [0.15, 0.2) is 121 Å². The summed E-state index contributed by atoms with van der Waals surface area (Å²) in [5, 5.41) is 36.8. The molecule has 0 heterocycles. The van der Waals surface area contributed by atoms with E-state index in [0.717, 1.165) is 22.3 Å². The van der Waals surface area contributed by atoms with Crippen LogP contribution in [0.4, 0.5) is 0 Å². The fourth-order valence-corrected chi connectivity index (χ4v) is 8.12. The molecule has 0 aliphatic rings. The van der Waals surface area contributed by atoms with Crippen LogP contribution >= 0.6 is 15.6 Å². The van der Waals surface area contributed by atoms with Gasteiger partial charge < -0.3 is 18.9 Å². The van der Waals surface area contributed by atoms with Gasteiger partial charge in [-0.3, -0.25) is 27.1 Å². The van der Waals surface area contributed by atoms with Crippen molar-refractivity contribution in [2.45, 2.75) is 76.5 Å². The van der Waals surface area contributed by atoms with Crippen LogP contribution in [0.2, 0.25) is 0 Å². The summed E-state index contributed by atoms with van der Waals surface area (Å²) in [7, 11) is -8.85. The number of nitrogens with zero attached hydrogens (tertiary/aromatic N) is 4. The van der Waals surface area contributed by atoms with Gasteiger partial charge in [-0.1, -0.05) is 121 Å². The van der Waals surface area contributed by atoms with Crippen LogP contribution in [0.3, 0.4) is 0 Å². The number of hydrogen-bond acceptors (Lipinski definition) is 16. The summed E-state index contributed by atoms with van der Waals surface area (Å²) in [5.74, 6) is 0. The highest BCUT2D eigenvalue weighted by atomic mass is 31.2. The van der Waals surface area contributed by atoms with Crippen molar-refractivity contribution in [3.63, 3.8) is 0 Å². The first-order valence-corrected chi connectivity index (χ1v) is 23.4. The Labute approximate surface area is 374 Å². The highest BCUT2D eigenvalue weighted by Gasteiger charge is 2.42. The Morgan fingerprint density at radius 1 is 0.375 bits per heavy atom. The molecule has 16 nitrogen and oxygen atoms in total. The Kier molecular flexibility index (Phi) is 24.2. The lowest BCUT2D eigenvalue weighted by Gasteiger charge is -2.38. The predicted molar refractivity (Wildman–Crippen MR) is 232 cm³/mol. The minimum atomic E-state index is -4.43. The first-order chi connectivity index (χ1) is 31.3. The normalized spacial score (nSPS) is 13.4. The number of nitriles is 4. The quantitative estimate of drug-likeness (QED) is 0.0321. The zero-order valence-electron chi connectivity index (χ0n) is 35.3. The summed E-state index contributed by atoms with van der Waals surface area (Å²) in [6.45, 7) is -2.08. The Balaban J connectivity index is 1.85. The Bertz CT molecular complexity index is 1960. The van der Waals surface area contributed by atoms with Gasteiger partial charge in [0.15, 0.2) is 0 Å². The fraction of sp³-hybridized carbons (Fsp3) is 0.391. The summed E-state index contributed by atoms with van der Waals surface area (Å²) < 4.78 is 89.0. The van der Waals surface area contributed by atoms with E-state index in [-0.39, 0.29) is 78.5 Å². The monoisotopic (exact) mass is 914 g/mol. The van der Waals surface area contributed by atoms with Gasteiger partial charge in [0.25, 0.3) is 0 Å². The van der Waals surface area contributed by atoms with Crippen molar-refractivity contribution in [2.75, 3.05) is 39.6 Å². The van der Waals surface area contributed by atoms with Crippen LogP contribution in [-0.4, -0.2) is 64.1 Å². The third kappa shape index (κ3) is 19.7. The molecular formula is C46H52N4O12P2. The molecule has 64 heavy (non-hydrogen) atoms. The molecule has 0 saturated heterocycles. The van der Waals surface area contributed by atoms with Crippen molar-refractivity contribution in [3.05, 3.63) is 144 Å². The topological polar surface area (TPSA) is 222 Å². The van der Waals surface area contributed by atoms with E-state index in [1.54, 1.807) is 0 Å². The minimum Gasteiger partial charge on any atom is -0.368 e. The van der Waals surface area contributed by atoms with Gasteiger partial charge in [-0.25, -0.2) is 9.13 Å². The van der Waals surface area contributed by atoms with E-state index in [2.05, 4.69) is 0 Å². The molecule has 0 spiro atoms. The highest BCUT2D eigenvalue weighted by Crippen LogP contribution is 2.51. The molecule has 0 aromatic heterocycles. The van der Waals surface area contributed by atoms with Gasteiger partial charge in [-0.15, -0.1) is 0 Å². The van der Waals surface area contributed by atoms with Gasteiger partial charge in [0.2, 0.25) is 0 Å². The molecule has 4 aromatic carbocycles. The van der Waals surface area contributed by atoms with E-state index in [1.165, 1.54) is 0 Å². The molecule has 4 atom stereocenters. The minimum absolute atomic E-state index is 0.0101. The first kappa shape index (κ1) is 51.5. The van der Waals surface area contributed by atoms with E-state index in [4.69, 9.17) is 46.1 Å². The van der Waals surface area contributed by atoms with Crippen LogP contribution < -0.4 is 0 Å². The second-order valence-electron chi connectivity index (χ2n) is 13.6. The number of rotatable bonds is 33. The van der Waals surface area contributed by atoms with Crippen LogP contribution in [0.1, 0.15) is 47.9 Å². The third-order valence-corrected chi connectivity index (χ3v) is 11.8. The van der Waals surface area contributed by atoms with Gasteiger partial charge >= 0.3 is 15.6 Å². The Morgan fingerprint density at radius 2 is 0.625 bits per heavy atom. The smallest absolute Gasteiger partial charge is 0.368 e. The molecule has 0 amide bonds. The Morgan fingerprint density at radius 3 is 0.875 bits per heavy atom. The van der Waals surface area contributed by atoms with Crippen molar-refractivity contribution >= 4 is 15.6 Å². The van der Waals surface area contributed by atoms with Gasteiger partial charge in [0.05, 0.1) is 116 Å². The molecular weight excluding hydrogens is 862 g/mol. The zero-order chi connectivity index (χ0) is 45.6. The van der Waals surface area contributed by atoms with Crippen molar-refractivity contribution < 1.29 is 55.2 Å². The van der Waals surface area contributed by atoms with Crippen molar-refractivity contribution in [2.24, 2.45) is 0 Å². The van der Waals surface area contributed by atoms with E-state index in [9.17, 15) is 30.2 Å². The molecule has 0 aliphatic heterocycles. The maximum absolute atomic E-state index is 14.1. The zero-order valence-corrected chi connectivity index (χ0v) is 37.1. The molecule has 4 aromatic rings. The molecule has 0 bridgehead atoms. The Hall–Kier alpha value is -5.10. The van der Waals surface area contributed by atoms with Gasteiger partial charge in [-0.05, 0) is 22.3 Å². The molecule has 338 valence electrons. The molecule has 0 fully saturated rings. The van der Waals surface area contributed by atoms with E-state index >= 15 is 0 Å². The predicted octanol–water partition coefficient (Wildman–Crippen LogP) is 9.30. The molecule has 0 N–H and O–H groups in total. The maximum atomic E-state index is 14.1.